The Morgan fingerprint density at radius 2 is 1.25 bits per heavy atom. The molecule has 0 spiro atoms. The molecule has 20 heavy (non-hydrogen) atoms. The van der Waals surface area contributed by atoms with Gasteiger partial charge in [-0.15, -0.1) is 0 Å². The Balaban J connectivity index is 0.000000121. The van der Waals surface area contributed by atoms with Gasteiger partial charge in [0.2, 0.25) is 0 Å². The lowest BCUT2D eigenvalue weighted by Gasteiger charge is -1.90. The second-order valence-corrected chi connectivity index (χ2v) is 4.12. The van der Waals surface area contributed by atoms with Gasteiger partial charge >= 0.3 is 0 Å². The van der Waals surface area contributed by atoms with Gasteiger partial charge in [-0.25, -0.2) is 4.98 Å². The normalized spacial score (nSPS) is 10.2. The zero-order valence-electron chi connectivity index (χ0n) is 10.6. The average Bonchev–Trinajstić information content (AvgIpc) is 2.90. The van der Waals surface area contributed by atoms with Gasteiger partial charge < -0.3 is 5.21 Å². The highest BCUT2D eigenvalue weighted by atomic mass is 16.5. The maximum Gasteiger partial charge on any atom is 0.133 e. The number of para-hydroxylation sites is 4. The molecule has 2 aromatic carbocycles. The van der Waals surface area contributed by atoms with Gasteiger partial charge in [-0.05, 0) is 24.3 Å². The van der Waals surface area contributed by atoms with Crippen LogP contribution in [0.5, 0.6) is 0 Å². The van der Waals surface area contributed by atoms with Gasteiger partial charge in [0.05, 0.1) is 16.6 Å². The maximum absolute atomic E-state index is 9.07. The van der Waals surface area contributed by atoms with E-state index in [1.165, 1.54) is 6.33 Å². The summed E-state index contributed by atoms with van der Waals surface area (Å²) in [6.45, 7) is 0. The van der Waals surface area contributed by atoms with Crippen LogP contribution in [-0.4, -0.2) is 24.9 Å². The molecule has 0 bridgehead atoms. The number of hydrogen-bond donors (Lipinski definition) is 1. The highest BCUT2D eigenvalue weighted by molar-refractivity contribution is 5.74. The molecule has 0 fully saturated rings. The summed E-state index contributed by atoms with van der Waals surface area (Å²) in [6, 6.07) is 15.2. The minimum atomic E-state index is 0.738. The first-order chi connectivity index (χ1) is 9.84. The van der Waals surface area contributed by atoms with E-state index in [0.717, 1.165) is 26.8 Å². The van der Waals surface area contributed by atoms with Gasteiger partial charge in [-0.3, -0.25) is 9.97 Å². The molecule has 5 heteroatoms. The molecule has 0 atom stereocenters. The molecule has 0 aliphatic heterocycles. The molecule has 1 N–H and O–H groups in total. The molecule has 2 aromatic heterocycles. The zero-order valence-corrected chi connectivity index (χ0v) is 10.6. The zero-order chi connectivity index (χ0) is 13.8. The van der Waals surface area contributed by atoms with Crippen LogP contribution in [-0.2, 0) is 0 Å². The van der Waals surface area contributed by atoms with Crippen molar-refractivity contribution in [1.82, 2.24) is 19.7 Å². The van der Waals surface area contributed by atoms with Crippen molar-refractivity contribution < 1.29 is 5.21 Å². The van der Waals surface area contributed by atoms with Crippen molar-refractivity contribution in [3.63, 3.8) is 0 Å². The SMILES string of the molecule is On1cnc2ccccc21.c1ccc2nccnc2c1. The third kappa shape index (κ3) is 2.42. The Kier molecular flexibility index (Phi) is 3.24. The van der Waals surface area contributed by atoms with Crippen LogP contribution >= 0.6 is 0 Å². The number of fused-ring (bicyclic) bond motifs is 2. The van der Waals surface area contributed by atoms with E-state index in [9.17, 15) is 0 Å². The molecule has 98 valence electrons. The molecule has 0 amide bonds. The van der Waals surface area contributed by atoms with Gasteiger partial charge in [0.25, 0.3) is 0 Å². The van der Waals surface area contributed by atoms with Crippen LogP contribution in [0.4, 0.5) is 0 Å². The molecule has 0 unspecified atom stereocenters. The molecular weight excluding hydrogens is 252 g/mol. The van der Waals surface area contributed by atoms with Crippen LogP contribution in [0.3, 0.4) is 0 Å². The quantitative estimate of drug-likeness (QED) is 0.496. The second-order valence-electron chi connectivity index (χ2n) is 4.12. The van der Waals surface area contributed by atoms with Crippen LogP contribution in [0.15, 0.2) is 67.3 Å². The van der Waals surface area contributed by atoms with Crippen molar-refractivity contribution in [3.8, 4) is 0 Å². The molecule has 0 saturated carbocycles. The van der Waals surface area contributed by atoms with Crippen molar-refractivity contribution in [2.45, 2.75) is 0 Å². The third-order valence-electron chi connectivity index (χ3n) is 2.81. The topological polar surface area (TPSA) is 63.8 Å². The molecule has 2 heterocycles. The molecule has 4 rings (SSSR count). The summed E-state index contributed by atoms with van der Waals surface area (Å²) in [5.74, 6) is 0. The van der Waals surface area contributed by atoms with Crippen LogP contribution in [0.2, 0.25) is 0 Å². The standard InChI is InChI=1S/C8H6N2.C7H6N2O/c1-2-4-8-7(3-1)9-5-6-10-8;10-9-5-8-6-3-1-2-4-7(6)9/h1-6H;1-5,10H. The summed E-state index contributed by atoms with van der Waals surface area (Å²) in [5.41, 5.74) is 3.45. The fourth-order valence-corrected chi connectivity index (χ4v) is 1.86. The molecule has 4 aromatic rings. The Labute approximate surface area is 115 Å². The third-order valence-corrected chi connectivity index (χ3v) is 2.81. The number of nitrogens with zero attached hydrogens (tertiary/aromatic N) is 4. The van der Waals surface area contributed by atoms with E-state index in [1.54, 1.807) is 12.4 Å². The Morgan fingerprint density at radius 1 is 0.700 bits per heavy atom. The molecular formula is C15H12N4O. The van der Waals surface area contributed by atoms with Crippen LogP contribution in [0.25, 0.3) is 22.1 Å². The molecule has 0 radical (unpaired) electrons. The minimum Gasteiger partial charge on any atom is -0.427 e. The van der Waals surface area contributed by atoms with E-state index in [1.807, 2.05) is 48.5 Å². The van der Waals surface area contributed by atoms with Gasteiger partial charge in [0, 0.05) is 12.4 Å². The summed E-state index contributed by atoms with van der Waals surface area (Å²) >= 11 is 0. The lowest BCUT2D eigenvalue weighted by Crippen LogP contribution is -1.83. The predicted octanol–water partition coefficient (Wildman–Crippen LogP) is 2.90. The van der Waals surface area contributed by atoms with E-state index in [0.29, 0.717) is 0 Å². The van der Waals surface area contributed by atoms with Gasteiger partial charge in [0.15, 0.2) is 0 Å². The highest BCUT2D eigenvalue weighted by Gasteiger charge is 1.96. The Hall–Kier alpha value is -2.95. The first-order valence-electron chi connectivity index (χ1n) is 6.12. The number of benzene rings is 2. The number of rotatable bonds is 0. The number of aromatic nitrogens is 4. The van der Waals surface area contributed by atoms with Crippen LogP contribution < -0.4 is 0 Å². The first kappa shape index (κ1) is 12.1. The summed E-state index contributed by atoms with van der Waals surface area (Å²) < 4.78 is 1.01. The molecule has 0 saturated heterocycles. The largest absolute Gasteiger partial charge is 0.427 e. The van der Waals surface area contributed by atoms with Crippen molar-refractivity contribution >= 4 is 22.1 Å². The minimum absolute atomic E-state index is 0.738. The Bertz CT molecular complexity index is 776. The van der Waals surface area contributed by atoms with E-state index in [4.69, 9.17) is 5.21 Å². The first-order valence-corrected chi connectivity index (χ1v) is 6.12. The van der Waals surface area contributed by atoms with Crippen LogP contribution in [0, 0.1) is 0 Å². The van der Waals surface area contributed by atoms with E-state index < -0.39 is 0 Å². The predicted molar refractivity (Wildman–Crippen MR) is 76.5 cm³/mol. The molecule has 5 nitrogen and oxygen atoms in total. The fourth-order valence-electron chi connectivity index (χ4n) is 1.86. The fraction of sp³-hybridized carbons (Fsp3) is 0. The lowest BCUT2D eigenvalue weighted by atomic mass is 10.3. The van der Waals surface area contributed by atoms with Crippen molar-refractivity contribution in [3.05, 3.63) is 67.3 Å². The second kappa shape index (κ2) is 5.36. The van der Waals surface area contributed by atoms with E-state index in [2.05, 4.69) is 15.0 Å². The summed E-state index contributed by atoms with van der Waals surface area (Å²) in [6.07, 6.45) is 4.77. The van der Waals surface area contributed by atoms with Gasteiger partial charge in [0.1, 0.15) is 11.8 Å². The van der Waals surface area contributed by atoms with Gasteiger partial charge in [-0.1, -0.05) is 24.3 Å². The molecule has 0 aliphatic carbocycles. The van der Waals surface area contributed by atoms with E-state index >= 15 is 0 Å². The lowest BCUT2D eigenvalue weighted by molar-refractivity contribution is 0.198. The summed E-state index contributed by atoms with van der Waals surface area (Å²) in [7, 11) is 0. The summed E-state index contributed by atoms with van der Waals surface area (Å²) in [4.78, 5) is 12.2. The smallest absolute Gasteiger partial charge is 0.133 e. The van der Waals surface area contributed by atoms with E-state index in [-0.39, 0.29) is 0 Å². The van der Waals surface area contributed by atoms with Crippen LogP contribution in [0.1, 0.15) is 0 Å². The average molecular weight is 264 g/mol. The van der Waals surface area contributed by atoms with Crippen molar-refractivity contribution in [1.29, 1.82) is 0 Å². The Morgan fingerprint density at radius 3 is 1.85 bits per heavy atom. The number of hydrogen-bond acceptors (Lipinski definition) is 4. The highest BCUT2D eigenvalue weighted by Crippen LogP contribution is 2.08. The maximum atomic E-state index is 9.07. The van der Waals surface area contributed by atoms with Gasteiger partial charge in [-0.2, -0.15) is 4.73 Å². The number of imidazole rings is 1. The summed E-state index contributed by atoms with van der Waals surface area (Å²) in [5, 5.41) is 9.07. The van der Waals surface area contributed by atoms with Crippen molar-refractivity contribution in [2.24, 2.45) is 0 Å². The monoisotopic (exact) mass is 264 g/mol. The molecule has 0 aliphatic rings. The van der Waals surface area contributed by atoms with Crippen molar-refractivity contribution in [2.75, 3.05) is 0 Å².